The first-order valence-electron chi connectivity index (χ1n) is 8.74. The largest absolute Gasteiger partial charge is 0.494 e. The second-order valence-electron chi connectivity index (χ2n) is 6.06. The van der Waals surface area contributed by atoms with Crippen LogP contribution in [-0.2, 0) is 4.79 Å². The SMILES string of the molecule is Cc1cc(=O)oc2cc(OCC(=O)NCCCOc3ccccc3)ccc12. The monoisotopic (exact) mass is 367 g/mol. The Morgan fingerprint density at radius 1 is 1.04 bits per heavy atom. The first-order valence-corrected chi connectivity index (χ1v) is 8.74. The summed E-state index contributed by atoms with van der Waals surface area (Å²) in [5.41, 5.74) is 0.867. The van der Waals surface area contributed by atoms with Crippen LogP contribution in [0.25, 0.3) is 11.0 Å². The third-order valence-electron chi connectivity index (χ3n) is 3.95. The Balaban J connectivity index is 1.41. The van der Waals surface area contributed by atoms with Crippen LogP contribution in [0.2, 0.25) is 0 Å². The fourth-order valence-electron chi connectivity index (χ4n) is 2.60. The minimum atomic E-state index is -0.410. The van der Waals surface area contributed by atoms with Crippen LogP contribution in [0.4, 0.5) is 0 Å². The van der Waals surface area contributed by atoms with Gasteiger partial charge in [-0.3, -0.25) is 4.79 Å². The van der Waals surface area contributed by atoms with E-state index in [1.165, 1.54) is 6.07 Å². The molecule has 27 heavy (non-hydrogen) atoms. The van der Waals surface area contributed by atoms with E-state index >= 15 is 0 Å². The molecule has 0 bridgehead atoms. The summed E-state index contributed by atoms with van der Waals surface area (Å²) in [6.45, 7) is 2.75. The molecule has 0 saturated carbocycles. The van der Waals surface area contributed by atoms with Crippen LogP contribution in [-0.4, -0.2) is 25.7 Å². The van der Waals surface area contributed by atoms with Crippen molar-refractivity contribution in [3.63, 3.8) is 0 Å². The van der Waals surface area contributed by atoms with Crippen molar-refractivity contribution < 1.29 is 18.7 Å². The molecule has 0 aliphatic carbocycles. The minimum absolute atomic E-state index is 0.110. The molecular weight excluding hydrogens is 346 g/mol. The number of rotatable bonds is 8. The maximum absolute atomic E-state index is 11.9. The molecule has 0 aliphatic rings. The maximum Gasteiger partial charge on any atom is 0.336 e. The van der Waals surface area contributed by atoms with E-state index in [-0.39, 0.29) is 12.5 Å². The van der Waals surface area contributed by atoms with Gasteiger partial charge in [0.2, 0.25) is 0 Å². The van der Waals surface area contributed by atoms with Crippen LogP contribution in [0.1, 0.15) is 12.0 Å². The number of amides is 1. The summed E-state index contributed by atoms with van der Waals surface area (Å²) in [5, 5.41) is 3.61. The smallest absolute Gasteiger partial charge is 0.336 e. The Bertz CT molecular complexity index is 965. The van der Waals surface area contributed by atoms with Crippen LogP contribution in [0.5, 0.6) is 11.5 Å². The Morgan fingerprint density at radius 2 is 1.85 bits per heavy atom. The Hall–Kier alpha value is -3.28. The number of aryl methyl sites for hydroxylation is 1. The number of para-hydroxylation sites is 1. The molecule has 1 amide bonds. The van der Waals surface area contributed by atoms with Crippen molar-refractivity contribution in [2.45, 2.75) is 13.3 Å². The number of benzene rings is 2. The molecule has 3 rings (SSSR count). The summed E-state index contributed by atoms with van der Waals surface area (Å²) in [4.78, 5) is 23.3. The van der Waals surface area contributed by atoms with Crippen LogP contribution >= 0.6 is 0 Å². The van der Waals surface area contributed by atoms with Crippen molar-refractivity contribution in [2.75, 3.05) is 19.8 Å². The Kier molecular flexibility index (Phi) is 6.10. The lowest BCUT2D eigenvalue weighted by atomic mass is 10.1. The molecule has 0 radical (unpaired) electrons. The van der Waals surface area contributed by atoms with Gasteiger partial charge in [0, 0.05) is 24.1 Å². The van der Waals surface area contributed by atoms with Crippen molar-refractivity contribution >= 4 is 16.9 Å². The Labute approximate surface area is 156 Å². The van der Waals surface area contributed by atoms with E-state index in [1.807, 2.05) is 43.3 Å². The van der Waals surface area contributed by atoms with Gasteiger partial charge < -0.3 is 19.2 Å². The molecule has 1 heterocycles. The van der Waals surface area contributed by atoms with Crippen LogP contribution < -0.4 is 20.4 Å². The molecule has 1 aromatic heterocycles. The topological polar surface area (TPSA) is 77.8 Å². The van der Waals surface area contributed by atoms with E-state index in [0.29, 0.717) is 30.9 Å². The van der Waals surface area contributed by atoms with Crippen molar-refractivity contribution in [2.24, 2.45) is 0 Å². The van der Waals surface area contributed by atoms with Gasteiger partial charge in [0.1, 0.15) is 17.1 Å². The average Bonchev–Trinajstić information content (AvgIpc) is 2.66. The summed E-state index contributed by atoms with van der Waals surface area (Å²) in [6, 6.07) is 16.1. The Morgan fingerprint density at radius 3 is 2.67 bits per heavy atom. The predicted molar refractivity (Wildman–Crippen MR) is 102 cm³/mol. The number of fused-ring (bicyclic) bond motifs is 1. The first kappa shape index (κ1) is 18.5. The van der Waals surface area contributed by atoms with Gasteiger partial charge >= 0.3 is 5.63 Å². The number of nitrogens with one attached hydrogen (secondary N) is 1. The second kappa shape index (κ2) is 8.89. The predicted octanol–water partition coefficient (Wildman–Crippen LogP) is 3.07. The zero-order valence-electron chi connectivity index (χ0n) is 15.1. The van der Waals surface area contributed by atoms with E-state index in [0.717, 1.165) is 16.7 Å². The lowest BCUT2D eigenvalue weighted by Crippen LogP contribution is -2.30. The van der Waals surface area contributed by atoms with Crippen molar-refractivity contribution in [3.8, 4) is 11.5 Å². The number of carbonyl (C=O) groups excluding carboxylic acids is 1. The average molecular weight is 367 g/mol. The summed E-state index contributed by atoms with van der Waals surface area (Å²) in [5.74, 6) is 1.06. The van der Waals surface area contributed by atoms with E-state index in [1.54, 1.807) is 12.1 Å². The minimum Gasteiger partial charge on any atom is -0.494 e. The van der Waals surface area contributed by atoms with E-state index < -0.39 is 5.63 Å². The van der Waals surface area contributed by atoms with Gasteiger partial charge in [-0.1, -0.05) is 18.2 Å². The van der Waals surface area contributed by atoms with Gasteiger partial charge in [-0.2, -0.15) is 0 Å². The van der Waals surface area contributed by atoms with Gasteiger partial charge in [-0.25, -0.2) is 4.79 Å². The van der Waals surface area contributed by atoms with E-state index in [9.17, 15) is 9.59 Å². The summed E-state index contributed by atoms with van der Waals surface area (Å²) in [6.07, 6.45) is 0.695. The van der Waals surface area contributed by atoms with E-state index in [4.69, 9.17) is 13.9 Å². The van der Waals surface area contributed by atoms with Gasteiger partial charge in [0.25, 0.3) is 5.91 Å². The van der Waals surface area contributed by atoms with Gasteiger partial charge in [-0.15, -0.1) is 0 Å². The summed E-state index contributed by atoms with van der Waals surface area (Å²) < 4.78 is 16.2. The zero-order valence-corrected chi connectivity index (χ0v) is 15.1. The third kappa shape index (κ3) is 5.34. The molecule has 6 nitrogen and oxygen atoms in total. The highest BCUT2D eigenvalue weighted by Crippen LogP contribution is 2.22. The second-order valence-corrected chi connectivity index (χ2v) is 6.06. The number of ether oxygens (including phenoxy) is 2. The molecule has 1 N–H and O–H groups in total. The van der Waals surface area contributed by atoms with Crippen LogP contribution in [0, 0.1) is 6.92 Å². The highest BCUT2D eigenvalue weighted by Gasteiger charge is 2.06. The fraction of sp³-hybridized carbons (Fsp3) is 0.238. The van der Waals surface area contributed by atoms with E-state index in [2.05, 4.69) is 5.32 Å². The highest BCUT2D eigenvalue weighted by atomic mass is 16.5. The van der Waals surface area contributed by atoms with Gasteiger partial charge in [0.15, 0.2) is 6.61 Å². The molecule has 3 aromatic rings. The first-order chi connectivity index (χ1) is 13.1. The molecule has 0 atom stereocenters. The molecule has 0 spiro atoms. The van der Waals surface area contributed by atoms with Crippen molar-refractivity contribution in [3.05, 3.63) is 70.6 Å². The van der Waals surface area contributed by atoms with Crippen LogP contribution in [0.15, 0.2) is 63.8 Å². The number of hydrogen-bond donors (Lipinski definition) is 1. The quantitative estimate of drug-likeness (QED) is 0.489. The molecule has 0 aliphatic heterocycles. The highest BCUT2D eigenvalue weighted by molar-refractivity contribution is 5.81. The lowest BCUT2D eigenvalue weighted by Gasteiger charge is -2.09. The molecule has 0 saturated heterocycles. The number of carbonyl (C=O) groups is 1. The molecular formula is C21H21NO5. The van der Waals surface area contributed by atoms with Crippen LogP contribution in [0.3, 0.4) is 0 Å². The number of hydrogen-bond acceptors (Lipinski definition) is 5. The third-order valence-corrected chi connectivity index (χ3v) is 3.95. The fourth-order valence-corrected chi connectivity index (χ4v) is 2.60. The normalized spacial score (nSPS) is 10.6. The van der Waals surface area contributed by atoms with Gasteiger partial charge in [0.05, 0.1) is 6.61 Å². The standard InChI is InChI=1S/C21H21NO5/c1-15-12-21(24)27-19-13-17(8-9-18(15)19)26-14-20(23)22-10-5-11-25-16-6-3-2-4-7-16/h2-4,6-9,12-13H,5,10-11,14H2,1H3,(H,22,23). The molecule has 140 valence electrons. The lowest BCUT2D eigenvalue weighted by molar-refractivity contribution is -0.123. The molecule has 2 aromatic carbocycles. The van der Waals surface area contributed by atoms with Crippen molar-refractivity contribution in [1.29, 1.82) is 0 Å². The maximum atomic E-state index is 11.9. The molecule has 0 fully saturated rings. The summed E-state index contributed by atoms with van der Waals surface area (Å²) in [7, 11) is 0. The molecule has 6 heteroatoms. The zero-order chi connectivity index (χ0) is 19.1. The van der Waals surface area contributed by atoms with Gasteiger partial charge in [-0.05, 0) is 43.2 Å². The van der Waals surface area contributed by atoms with Crippen molar-refractivity contribution in [1.82, 2.24) is 5.32 Å². The molecule has 0 unspecified atom stereocenters. The summed E-state index contributed by atoms with van der Waals surface area (Å²) >= 11 is 0.